The van der Waals surface area contributed by atoms with Crippen LogP contribution in [0, 0.1) is 0 Å². The summed E-state index contributed by atoms with van der Waals surface area (Å²) in [7, 11) is 1.81. The van der Waals surface area contributed by atoms with Crippen LogP contribution in [-0.4, -0.2) is 78.5 Å². The summed E-state index contributed by atoms with van der Waals surface area (Å²) in [6.45, 7) is 10.2. The van der Waals surface area contributed by atoms with Crippen molar-refractivity contribution >= 4 is 23.6 Å². The van der Waals surface area contributed by atoms with E-state index >= 15 is 0 Å². The fourth-order valence-corrected chi connectivity index (χ4v) is 2.53. The Morgan fingerprint density at radius 3 is 2.38 bits per heavy atom. The number of hydrogen-bond donors (Lipinski definition) is 2. The largest absolute Gasteiger partial charge is 0.368 e. The molecule has 1 unspecified atom stereocenters. The van der Waals surface area contributed by atoms with E-state index in [1.165, 1.54) is 0 Å². The average Bonchev–Trinajstić information content (AvgIpc) is 2.47. The minimum Gasteiger partial charge on any atom is -0.368 e. The Bertz CT molecular complexity index is 378. The van der Waals surface area contributed by atoms with Crippen LogP contribution in [0.2, 0.25) is 0 Å². The van der Waals surface area contributed by atoms with E-state index in [-0.39, 0.29) is 5.91 Å². The van der Waals surface area contributed by atoms with Crippen LogP contribution >= 0.6 is 11.8 Å². The van der Waals surface area contributed by atoms with E-state index in [1.807, 2.05) is 32.7 Å². The van der Waals surface area contributed by atoms with Gasteiger partial charge in [-0.15, -0.1) is 0 Å². The Morgan fingerprint density at radius 2 is 1.95 bits per heavy atom. The van der Waals surface area contributed by atoms with Crippen LogP contribution in [0.1, 0.15) is 20.8 Å². The molecule has 1 aliphatic heterocycles. The first-order valence-corrected chi connectivity index (χ1v) is 8.65. The zero-order chi connectivity index (χ0) is 16.0. The Balaban J connectivity index is 2.53. The van der Waals surface area contributed by atoms with Gasteiger partial charge in [0.25, 0.3) is 0 Å². The second-order valence-electron chi connectivity index (χ2n) is 5.87. The highest BCUT2D eigenvalue weighted by Gasteiger charge is 2.35. The van der Waals surface area contributed by atoms with Crippen molar-refractivity contribution in [1.29, 1.82) is 0 Å². The zero-order valence-electron chi connectivity index (χ0n) is 13.8. The van der Waals surface area contributed by atoms with E-state index in [9.17, 15) is 4.79 Å². The number of aliphatic imine (C=N–C) groups is 1. The molecule has 0 bridgehead atoms. The summed E-state index contributed by atoms with van der Waals surface area (Å²) in [5, 5.41) is 3.96. The van der Waals surface area contributed by atoms with Crippen LogP contribution < -0.4 is 11.1 Å². The highest BCUT2D eigenvalue weighted by atomic mass is 32.2. The van der Waals surface area contributed by atoms with Crippen molar-refractivity contribution < 1.29 is 4.79 Å². The number of carbonyl (C=O) groups is 1. The first-order valence-electron chi connectivity index (χ1n) is 7.36. The maximum absolute atomic E-state index is 11.5. The van der Waals surface area contributed by atoms with Crippen molar-refractivity contribution in [2.24, 2.45) is 10.7 Å². The van der Waals surface area contributed by atoms with Crippen molar-refractivity contribution in [3.63, 3.8) is 0 Å². The number of amides is 1. The number of primary amides is 1. The molecular weight excluding hydrogens is 286 g/mol. The number of nitrogens with two attached hydrogens (primary N) is 1. The van der Waals surface area contributed by atoms with Gasteiger partial charge in [-0.3, -0.25) is 14.7 Å². The van der Waals surface area contributed by atoms with Crippen LogP contribution in [0.15, 0.2) is 4.99 Å². The molecule has 3 N–H and O–H groups in total. The third-order valence-electron chi connectivity index (χ3n) is 4.13. The molecule has 6 nitrogen and oxygen atoms in total. The Morgan fingerprint density at radius 1 is 1.38 bits per heavy atom. The maximum Gasteiger partial charge on any atom is 0.237 e. The van der Waals surface area contributed by atoms with Gasteiger partial charge in [0.05, 0.1) is 5.54 Å². The van der Waals surface area contributed by atoms with Crippen molar-refractivity contribution in [3.05, 3.63) is 0 Å². The van der Waals surface area contributed by atoms with Crippen molar-refractivity contribution in [1.82, 2.24) is 15.1 Å². The standard InChI is InChI=1S/C14H29N5OS/c1-11(21-5)10-17-13(16-4)18-6-8-19(9-7-18)14(2,3)12(15)20/h11H,6-10H2,1-5H3,(H2,15,20)(H,16,17). The molecule has 0 aromatic carbocycles. The summed E-state index contributed by atoms with van der Waals surface area (Å²) < 4.78 is 0. The molecule has 21 heavy (non-hydrogen) atoms. The maximum atomic E-state index is 11.5. The summed E-state index contributed by atoms with van der Waals surface area (Å²) in [4.78, 5) is 20.3. The van der Waals surface area contributed by atoms with Gasteiger partial charge in [0, 0.05) is 45.0 Å². The molecule has 1 aliphatic rings. The van der Waals surface area contributed by atoms with Crippen molar-refractivity contribution in [2.75, 3.05) is 46.0 Å². The average molecular weight is 315 g/mol. The van der Waals surface area contributed by atoms with E-state index in [1.54, 1.807) is 0 Å². The van der Waals surface area contributed by atoms with Crippen molar-refractivity contribution in [2.45, 2.75) is 31.6 Å². The number of hydrogen-bond acceptors (Lipinski definition) is 4. The van der Waals surface area contributed by atoms with Gasteiger partial charge in [0.15, 0.2) is 5.96 Å². The molecule has 7 heteroatoms. The Hall–Kier alpha value is -0.950. The van der Waals surface area contributed by atoms with Gasteiger partial charge >= 0.3 is 0 Å². The van der Waals surface area contributed by atoms with Gasteiger partial charge in [-0.05, 0) is 20.1 Å². The molecule has 0 aromatic rings. The Labute approximate surface area is 132 Å². The second kappa shape index (κ2) is 7.89. The fraction of sp³-hybridized carbons (Fsp3) is 0.857. The predicted molar refractivity (Wildman–Crippen MR) is 90.8 cm³/mol. The van der Waals surface area contributed by atoms with E-state index in [4.69, 9.17) is 5.73 Å². The van der Waals surface area contributed by atoms with Gasteiger partial charge in [-0.1, -0.05) is 6.92 Å². The molecular formula is C14H29N5OS. The quantitative estimate of drug-likeness (QED) is 0.560. The normalized spacial score (nSPS) is 19.5. The molecule has 1 atom stereocenters. The number of piperazine rings is 1. The summed E-state index contributed by atoms with van der Waals surface area (Å²) >= 11 is 1.84. The summed E-state index contributed by atoms with van der Waals surface area (Å²) in [5.41, 5.74) is 4.90. The monoisotopic (exact) mass is 315 g/mol. The molecule has 1 heterocycles. The highest BCUT2D eigenvalue weighted by molar-refractivity contribution is 7.99. The lowest BCUT2D eigenvalue weighted by molar-refractivity contribution is -0.129. The number of thioether (sulfide) groups is 1. The third-order valence-corrected chi connectivity index (χ3v) is 5.11. The minimum atomic E-state index is -0.587. The number of nitrogens with one attached hydrogen (secondary N) is 1. The van der Waals surface area contributed by atoms with Crippen LogP contribution in [0.5, 0.6) is 0 Å². The van der Waals surface area contributed by atoms with E-state index in [0.717, 1.165) is 38.7 Å². The van der Waals surface area contributed by atoms with Crippen LogP contribution in [0.4, 0.5) is 0 Å². The molecule has 122 valence electrons. The number of nitrogens with zero attached hydrogens (tertiary/aromatic N) is 3. The molecule has 1 fully saturated rings. The van der Waals surface area contributed by atoms with Gasteiger partial charge < -0.3 is 16.0 Å². The predicted octanol–water partition coefficient (Wildman–Crippen LogP) is 0.195. The van der Waals surface area contributed by atoms with Crippen molar-refractivity contribution in [3.8, 4) is 0 Å². The Kier molecular flexibility index (Phi) is 6.80. The summed E-state index contributed by atoms with van der Waals surface area (Å²) in [6, 6.07) is 0. The summed E-state index contributed by atoms with van der Waals surface area (Å²) in [5.74, 6) is 0.666. The number of guanidine groups is 1. The lowest BCUT2D eigenvalue weighted by Crippen LogP contribution is -2.61. The lowest BCUT2D eigenvalue weighted by Gasteiger charge is -2.43. The van der Waals surface area contributed by atoms with E-state index in [0.29, 0.717) is 5.25 Å². The van der Waals surface area contributed by atoms with E-state index in [2.05, 4.69) is 33.3 Å². The molecule has 0 aliphatic carbocycles. The van der Waals surface area contributed by atoms with E-state index < -0.39 is 5.54 Å². The van der Waals surface area contributed by atoms with Crippen LogP contribution in [0.25, 0.3) is 0 Å². The van der Waals surface area contributed by atoms with Gasteiger partial charge in [0.1, 0.15) is 0 Å². The smallest absolute Gasteiger partial charge is 0.237 e. The third kappa shape index (κ3) is 4.78. The molecule has 0 saturated carbocycles. The molecule has 0 aromatic heterocycles. The zero-order valence-corrected chi connectivity index (χ0v) is 14.7. The molecule has 0 radical (unpaired) electrons. The highest BCUT2D eigenvalue weighted by Crippen LogP contribution is 2.16. The minimum absolute atomic E-state index is 0.271. The lowest BCUT2D eigenvalue weighted by atomic mass is 10.0. The topological polar surface area (TPSA) is 74.0 Å². The molecule has 1 amide bonds. The number of carbonyl (C=O) groups excluding carboxylic acids is 1. The molecule has 0 spiro atoms. The SMILES string of the molecule is CN=C(NCC(C)SC)N1CCN(C(C)(C)C(N)=O)CC1. The van der Waals surface area contributed by atoms with Gasteiger partial charge in [-0.2, -0.15) is 11.8 Å². The van der Waals surface area contributed by atoms with Gasteiger partial charge in [-0.25, -0.2) is 0 Å². The van der Waals surface area contributed by atoms with Gasteiger partial charge in [0.2, 0.25) is 5.91 Å². The first kappa shape index (κ1) is 18.1. The van der Waals surface area contributed by atoms with Crippen LogP contribution in [-0.2, 0) is 4.79 Å². The summed E-state index contributed by atoms with van der Waals surface area (Å²) in [6.07, 6.45) is 2.11. The first-order chi connectivity index (χ1) is 9.82. The molecule has 1 saturated heterocycles. The fourth-order valence-electron chi connectivity index (χ4n) is 2.28. The second-order valence-corrected chi connectivity index (χ2v) is 7.15. The molecule has 1 rings (SSSR count). The van der Waals surface area contributed by atoms with Crippen LogP contribution in [0.3, 0.4) is 0 Å². The number of rotatable bonds is 5.